The molecule has 0 spiro atoms. The monoisotopic (exact) mass is 539 g/mol. The van der Waals surface area contributed by atoms with Gasteiger partial charge in [-0.2, -0.15) is 0 Å². The third-order valence-corrected chi connectivity index (χ3v) is 8.54. The van der Waals surface area contributed by atoms with Crippen LogP contribution in [0.15, 0.2) is 132 Å². The summed E-state index contributed by atoms with van der Waals surface area (Å²) in [6.07, 6.45) is 3.61. The van der Waals surface area contributed by atoms with Gasteiger partial charge >= 0.3 is 0 Å². The second kappa shape index (κ2) is 7.86. The molecule has 5 aromatic carbocycles. The summed E-state index contributed by atoms with van der Waals surface area (Å²) in [7, 11) is 0. The van der Waals surface area contributed by atoms with Crippen LogP contribution in [-0.2, 0) is 0 Å². The number of hydrogen-bond acceptors (Lipinski definition) is 3. The van der Waals surface area contributed by atoms with Gasteiger partial charge < -0.3 is 8.98 Å². The fourth-order valence-electron chi connectivity index (χ4n) is 6.81. The maximum atomic E-state index is 6.48. The summed E-state index contributed by atoms with van der Waals surface area (Å²) in [6, 6.07) is 40.4. The Morgan fingerprint density at radius 1 is 0.548 bits per heavy atom. The summed E-state index contributed by atoms with van der Waals surface area (Å²) in [5.74, 6) is 0.884. The van der Waals surface area contributed by atoms with Crippen LogP contribution < -0.4 is 0 Å². The molecule has 5 heterocycles. The van der Waals surface area contributed by atoms with Crippen molar-refractivity contribution < 1.29 is 4.42 Å². The fourth-order valence-corrected chi connectivity index (χ4v) is 6.81. The molecule has 196 valence electrons. The Hall–Kier alpha value is -5.88. The number of pyridine rings is 1. The summed E-state index contributed by atoms with van der Waals surface area (Å²) in [6.45, 7) is 0. The molecule has 0 radical (unpaired) electrons. The van der Waals surface area contributed by atoms with E-state index < -0.39 is 0 Å². The number of rotatable bonds is 2. The van der Waals surface area contributed by atoms with Crippen molar-refractivity contribution in [1.29, 1.82) is 0 Å². The van der Waals surface area contributed by atoms with Crippen molar-refractivity contribution in [2.24, 2.45) is 0 Å². The van der Waals surface area contributed by atoms with E-state index in [-0.39, 0.29) is 0 Å². The molecular formula is C36H21N5O. The summed E-state index contributed by atoms with van der Waals surface area (Å²) < 4.78 is 13.3. The lowest BCUT2D eigenvalue weighted by molar-refractivity contribution is 0.664. The SMILES string of the molecule is c1ccc(-n2c3ccccc3n3c4ccc5c6ccccc6n(-c6cccc7c6oc6cnccc67)c5c4nc23)cc1. The van der Waals surface area contributed by atoms with Gasteiger partial charge in [0.05, 0.1) is 39.5 Å². The van der Waals surface area contributed by atoms with Crippen LogP contribution in [0.1, 0.15) is 0 Å². The normalized spacial score (nSPS) is 12.3. The van der Waals surface area contributed by atoms with Crippen LogP contribution in [0, 0.1) is 0 Å². The van der Waals surface area contributed by atoms with Crippen LogP contribution >= 0.6 is 0 Å². The van der Waals surface area contributed by atoms with E-state index in [1.807, 2.05) is 18.3 Å². The molecule has 10 aromatic rings. The van der Waals surface area contributed by atoms with E-state index in [9.17, 15) is 0 Å². The van der Waals surface area contributed by atoms with Crippen molar-refractivity contribution in [3.63, 3.8) is 0 Å². The third-order valence-electron chi connectivity index (χ3n) is 8.54. The van der Waals surface area contributed by atoms with Crippen LogP contribution in [0.4, 0.5) is 0 Å². The van der Waals surface area contributed by atoms with Gasteiger partial charge in [-0.25, -0.2) is 4.98 Å². The number of aromatic nitrogens is 5. The molecule has 0 aliphatic carbocycles. The summed E-state index contributed by atoms with van der Waals surface area (Å²) in [5.41, 5.74) is 10.1. The Morgan fingerprint density at radius 2 is 1.33 bits per heavy atom. The van der Waals surface area contributed by atoms with E-state index in [1.165, 1.54) is 5.39 Å². The van der Waals surface area contributed by atoms with Gasteiger partial charge in [-0.15, -0.1) is 0 Å². The molecule has 42 heavy (non-hydrogen) atoms. The van der Waals surface area contributed by atoms with Crippen LogP contribution in [0.3, 0.4) is 0 Å². The Balaban J connectivity index is 1.42. The highest BCUT2D eigenvalue weighted by Gasteiger charge is 2.23. The molecule has 0 atom stereocenters. The predicted octanol–water partition coefficient (Wildman–Crippen LogP) is 8.82. The fraction of sp³-hybridized carbons (Fsp3) is 0. The average molecular weight is 540 g/mol. The molecule has 6 nitrogen and oxygen atoms in total. The number of nitrogens with zero attached hydrogens (tertiary/aromatic N) is 5. The standard InChI is InChI=1S/C36H21N5O/c1-2-9-22(10-3-1)39-28-14-6-7-15-29(28)41-30-18-17-25-23-11-4-5-13-27(23)40(34(25)33(30)38-36(39)41)31-16-8-12-26-24-19-20-37-21-32(24)42-35(26)31/h1-21H. The molecule has 0 saturated carbocycles. The van der Waals surface area contributed by atoms with Gasteiger partial charge in [-0.3, -0.25) is 14.0 Å². The van der Waals surface area contributed by atoms with Crippen molar-refractivity contribution in [3.05, 3.63) is 128 Å². The van der Waals surface area contributed by atoms with Gasteiger partial charge in [0.25, 0.3) is 0 Å². The summed E-state index contributed by atoms with van der Waals surface area (Å²) in [5, 5.41) is 4.46. The van der Waals surface area contributed by atoms with E-state index in [4.69, 9.17) is 9.40 Å². The largest absolute Gasteiger partial charge is 0.452 e. The first-order valence-electron chi connectivity index (χ1n) is 14.0. The molecule has 0 aliphatic rings. The minimum atomic E-state index is 0.780. The number of para-hydroxylation sites is 5. The van der Waals surface area contributed by atoms with Gasteiger partial charge in [-0.05, 0) is 54.6 Å². The Labute approximate surface area is 238 Å². The molecule has 0 fully saturated rings. The smallest absolute Gasteiger partial charge is 0.220 e. The first-order chi connectivity index (χ1) is 20.9. The number of furan rings is 1. The highest BCUT2D eigenvalue weighted by atomic mass is 16.3. The topological polar surface area (TPSA) is 53.2 Å². The zero-order chi connectivity index (χ0) is 27.4. The molecule has 0 unspecified atom stereocenters. The van der Waals surface area contributed by atoms with Gasteiger partial charge in [0.1, 0.15) is 5.52 Å². The van der Waals surface area contributed by atoms with E-state index in [0.717, 1.165) is 77.6 Å². The van der Waals surface area contributed by atoms with Gasteiger partial charge in [0.2, 0.25) is 5.78 Å². The van der Waals surface area contributed by atoms with Crippen LogP contribution in [0.25, 0.3) is 83.0 Å². The molecule has 10 rings (SSSR count). The Kier molecular flexibility index (Phi) is 4.10. The van der Waals surface area contributed by atoms with E-state index in [1.54, 1.807) is 6.20 Å². The minimum absolute atomic E-state index is 0.780. The minimum Gasteiger partial charge on any atom is -0.452 e. The number of imidazole rings is 2. The Bertz CT molecular complexity index is 2690. The van der Waals surface area contributed by atoms with Crippen LogP contribution in [-0.4, -0.2) is 23.5 Å². The van der Waals surface area contributed by atoms with Crippen LogP contribution in [0.2, 0.25) is 0 Å². The average Bonchev–Trinajstić information content (AvgIpc) is 3.78. The molecular weight excluding hydrogens is 518 g/mol. The molecule has 0 bridgehead atoms. The molecule has 0 saturated heterocycles. The second-order valence-corrected chi connectivity index (χ2v) is 10.7. The molecule has 5 aromatic heterocycles. The van der Waals surface area contributed by atoms with Crippen LogP contribution in [0.5, 0.6) is 0 Å². The van der Waals surface area contributed by atoms with Crippen molar-refractivity contribution >= 4 is 71.6 Å². The van der Waals surface area contributed by atoms with Crippen molar-refractivity contribution in [2.45, 2.75) is 0 Å². The molecule has 6 heteroatoms. The lowest BCUT2D eigenvalue weighted by Crippen LogP contribution is -1.96. The van der Waals surface area contributed by atoms with Crippen molar-refractivity contribution in [1.82, 2.24) is 23.5 Å². The van der Waals surface area contributed by atoms with Crippen molar-refractivity contribution in [3.8, 4) is 11.4 Å². The number of fused-ring (bicyclic) bond motifs is 12. The number of hydrogen-bond donors (Lipinski definition) is 0. The van der Waals surface area contributed by atoms with Crippen molar-refractivity contribution in [2.75, 3.05) is 0 Å². The van der Waals surface area contributed by atoms with Gasteiger partial charge in [-0.1, -0.05) is 60.7 Å². The number of benzene rings is 5. The summed E-state index contributed by atoms with van der Waals surface area (Å²) >= 11 is 0. The third kappa shape index (κ3) is 2.68. The highest BCUT2D eigenvalue weighted by Crippen LogP contribution is 2.41. The maximum Gasteiger partial charge on any atom is 0.220 e. The van der Waals surface area contributed by atoms with Gasteiger partial charge in [0, 0.05) is 33.4 Å². The lowest BCUT2D eigenvalue weighted by atomic mass is 10.1. The van der Waals surface area contributed by atoms with E-state index in [0.29, 0.717) is 0 Å². The first-order valence-corrected chi connectivity index (χ1v) is 14.0. The summed E-state index contributed by atoms with van der Waals surface area (Å²) in [4.78, 5) is 9.73. The quantitative estimate of drug-likeness (QED) is 0.221. The lowest BCUT2D eigenvalue weighted by Gasteiger charge is -2.09. The van der Waals surface area contributed by atoms with E-state index in [2.05, 4.69) is 122 Å². The zero-order valence-corrected chi connectivity index (χ0v) is 22.3. The molecule has 0 N–H and O–H groups in total. The second-order valence-electron chi connectivity index (χ2n) is 10.7. The predicted molar refractivity (Wildman–Crippen MR) is 169 cm³/mol. The zero-order valence-electron chi connectivity index (χ0n) is 22.3. The Morgan fingerprint density at radius 3 is 2.24 bits per heavy atom. The maximum absolute atomic E-state index is 6.48. The van der Waals surface area contributed by atoms with E-state index >= 15 is 0 Å². The first kappa shape index (κ1) is 21.9. The molecule has 0 aliphatic heterocycles. The highest BCUT2D eigenvalue weighted by molar-refractivity contribution is 6.19. The van der Waals surface area contributed by atoms with Gasteiger partial charge in [0.15, 0.2) is 11.2 Å². The molecule has 0 amide bonds.